The maximum absolute atomic E-state index is 12.3. The molecule has 1 aliphatic heterocycles. The largest absolute Gasteiger partial charge is 0.493 e. The van der Waals surface area contributed by atoms with Crippen LogP contribution < -0.4 is 9.47 Å². The first kappa shape index (κ1) is 20.9. The van der Waals surface area contributed by atoms with Crippen molar-refractivity contribution in [1.29, 1.82) is 0 Å². The zero-order chi connectivity index (χ0) is 20.2. The van der Waals surface area contributed by atoms with E-state index in [4.69, 9.17) is 9.47 Å². The highest BCUT2D eigenvalue weighted by Gasteiger charge is 2.33. The monoisotopic (exact) mass is 407 g/mol. The van der Waals surface area contributed by atoms with E-state index in [2.05, 4.69) is 4.74 Å². The number of ether oxygens (including phenoxy) is 3. The Kier molecular flexibility index (Phi) is 6.58. The van der Waals surface area contributed by atoms with E-state index in [0.29, 0.717) is 6.42 Å². The Morgan fingerprint density at radius 2 is 2.00 bits per heavy atom. The van der Waals surface area contributed by atoms with Gasteiger partial charge in [-0.2, -0.15) is 8.78 Å². The second-order valence-corrected chi connectivity index (χ2v) is 8.11. The first-order chi connectivity index (χ1) is 12.6. The number of alkyl halides is 2. The highest BCUT2D eigenvalue weighted by atomic mass is 32.2. The van der Waals surface area contributed by atoms with E-state index in [1.165, 1.54) is 25.1 Å². The van der Waals surface area contributed by atoms with Gasteiger partial charge in [0.15, 0.2) is 27.9 Å². The number of carbonyl (C=O) groups is 2. The fourth-order valence-corrected chi connectivity index (χ4v) is 4.36. The van der Waals surface area contributed by atoms with E-state index in [1.807, 2.05) is 0 Å². The Balaban J connectivity index is 1.96. The summed E-state index contributed by atoms with van der Waals surface area (Å²) in [6.07, 6.45) is 0.335. The van der Waals surface area contributed by atoms with Gasteiger partial charge < -0.3 is 19.1 Å². The summed E-state index contributed by atoms with van der Waals surface area (Å²) >= 11 is 0. The summed E-state index contributed by atoms with van der Waals surface area (Å²) in [6.45, 7) is -3.63. The average Bonchev–Trinajstić information content (AvgIpc) is 2.98. The Labute approximate surface area is 154 Å². The van der Waals surface area contributed by atoms with Gasteiger partial charge in [-0.3, -0.25) is 4.79 Å². The number of halogens is 2. The molecule has 2 rings (SSSR count). The number of benzene rings is 1. The van der Waals surface area contributed by atoms with Crippen molar-refractivity contribution in [2.45, 2.75) is 19.1 Å². The molecule has 0 radical (unpaired) electrons. The van der Waals surface area contributed by atoms with Crippen molar-refractivity contribution in [1.82, 2.24) is 4.90 Å². The summed E-state index contributed by atoms with van der Waals surface area (Å²) in [4.78, 5) is 25.4. The Hall–Kier alpha value is -2.43. The molecule has 0 N–H and O–H groups in total. The van der Waals surface area contributed by atoms with Crippen LogP contribution in [0.25, 0.3) is 0 Å². The van der Waals surface area contributed by atoms with Gasteiger partial charge in [-0.25, -0.2) is 13.2 Å². The molecule has 1 aromatic rings. The van der Waals surface area contributed by atoms with E-state index in [-0.39, 0.29) is 28.6 Å². The van der Waals surface area contributed by atoms with Crippen LogP contribution in [0.2, 0.25) is 0 Å². The number of esters is 1. The number of carbonyl (C=O) groups excluding carboxylic acids is 2. The van der Waals surface area contributed by atoms with Crippen molar-refractivity contribution in [3.8, 4) is 11.5 Å². The number of likely N-dealkylation sites (N-methyl/N-ethyl adjacent to an activating group) is 1. The Morgan fingerprint density at radius 1 is 1.30 bits per heavy atom. The normalized spacial score (nSPS) is 18.2. The maximum atomic E-state index is 12.3. The average molecular weight is 407 g/mol. The van der Waals surface area contributed by atoms with Crippen LogP contribution in [0.1, 0.15) is 16.8 Å². The van der Waals surface area contributed by atoms with Crippen LogP contribution >= 0.6 is 0 Å². The van der Waals surface area contributed by atoms with Crippen LogP contribution in [0.5, 0.6) is 11.5 Å². The zero-order valence-electron chi connectivity index (χ0n) is 14.7. The lowest BCUT2D eigenvalue weighted by molar-refractivity contribution is -0.134. The number of methoxy groups -OCH3 is 1. The Morgan fingerprint density at radius 3 is 2.56 bits per heavy atom. The summed E-state index contributed by atoms with van der Waals surface area (Å²) in [7, 11) is -0.485. The second-order valence-electron chi connectivity index (χ2n) is 5.88. The van der Waals surface area contributed by atoms with Crippen molar-refractivity contribution >= 4 is 21.7 Å². The Bertz CT molecular complexity index is 813. The van der Waals surface area contributed by atoms with Crippen LogP contribution in [0.4, 0.5) is 8.78 Å². The number of rotatable bonds is 7. The van der Waals surface area contributed by atoms with Gasteiger partial charge in [0.2, 0.25) is 0 Å². The summed E-state index contributed by atoms with van der Waals surface area (Å²) in [5.41, 5.74) is -0.0210. The van der Waals surface area contributed by atoms with Crippen molar-refractivity contribution < 1.29 is 41.0 Å². The van der Waals surface area contributed by atoms with Crippen molar-refractivity contribution in [3.63, 3.8) is 0 Å². The van der Waals surface area contributed by atoms with E-state index in [1.54, 1.807) is 0 Å². The predicted octanol–water partition coefficient (Wildman–Crippen LogP) is 1.10. The van der Waals surface area contributed by atoms with Gasteiger partial charge >= 0.3 is 12.6 Å². The molecule has 0 spiro atoms. The molecule has 1 saturated heterocycles. The first-order valence-electron chi connectivity index (χ1n) is 7.89. The number of hydrogen-bond acceptors (Lipinski definition) is 7. The highest BCUT2D eigenvalue weighted by molar-refractivity contribution is 7.91. The van der Waals surface area contributed by atoms with Gasteiger partial charge in [-0.15, -0.1) is 0 Å². The number of sulfone groups is 1. The molecular weight excluding hydrogens is 388 g/mol. The molecule has 1 aromatic carbocycles. The van der Waals surface area contributed by atoms with E-state index >= 15 is 0 Å². The highest BCUT2D eigenvalue weighted by Crippen LogP contribution is 2.29. The fourth-order valence-electron chi connectivity index (χ4n) is 2.58. The van der Waals surface area contributed by atoms with Gasteiger partial charge in [-0.1, -0.05) is 0 Å². The lowest BCUT2D eigenvalue weighted by Gasteiger charge is -2.23. The standard InChI is InChI=1S/C16H19F2NO7S/c1-19(11-5-6-27(22,23)9-11)14(20)8-25-15(21)10-3-4-12(26-16(17)18)13(7-10)24-2/h3-4,7,11,16H,5-6,8-9H2,1-2H3/t11-/m0/s1. The molecule has 0 aliphatic carbocycles. The van der Waals surface area contributed by atoms with Gasteiger partial charge in [-0.05, 0) is 24.6 Å². The smallest absolute Gasteiger partial charge is 0.387 e. The molecule has 1 atom stereocenters. The molecular formula is C16H19F2NO7S. The van der Waals surface area contributed by atoms with E-state index in [0.717, 1.165) is 12.1 Å². The molecule has 11 heteroatoms. The van der Waals surface area contributed by atoms with Crippen molar-refractivity contribution in [2.75, 3.05) is 32.3 Å². The topological polar surface area (TPSA) is 99.2 Å². The minimum atomic E-state index is -3.15. The molecule has 1 heterocycles. The molecule has 1 fully saturated rings. The second kappa shape index (κ2) is 8.51. The third-order valence-electron chi connectivity index (χ3n) is 4.09. The van der Waals surface area contributed by atoms with Gasteiger partial charge in [0.1, 0.15) is 0 Å². The minimum absolute atomic E-state index is 0.0158. The summed E-state index contributed by atoms with van der Waals surface area (Å²) in [6, 6.07) is 3.02. The van der Waals surface area contributed by atoms with Gasteiger partial charge in [0.25, 0.3) is 5.91 Å². The first-order valence-corrected chi connectivity index (χ1v) is 9.71. The van der Waals surface area contributed by atoms with Crippen LogP contribution in [0.15, 0.2) is 18.2 Å². The molecule has 1 amide bonds. The molecule has 27 heavy (non-hydrogen) atoms. The molecule has 1 aliphatic rings. The molecule has 0 unspecified atom stereocenters. The molecule has 8 nitrogen and oxygen atoms in total. The van der Waals surface area contributed by atoms with Gasteiger partial charge in [0, 0.05) is 13.1 Å². The summed E-state index contributed by atoms with van der Waals surface area (Å²) < 4.78 is 61.6. The van der Waals surface area contributed by atoms with Crippen LogP contribution in [0.3, 0.4) is 0 Å². The quantitative estimate of drug-likeness (QED) is 0.624. The van der Waals surface area contributed by atoms with Crippen molar-refractivity contribution in [2.24, 2.45) is 0 Å². The molecule has 0 aromatic heterocycles. The maximum Gasteiger partial charge on any atom is 0.387 e. The fraction of sp³-hybridized carbons (Fsp3) is 0.500. The van der Waals surface area contributed by atoms with Crippen LogP contribution in [-0.2, 0) is 19.4 Å². The van der Waals surface area contributed by atoms with E-state index < -0.39 is 41.0 Å². The molecule has 0 bridgehead atoms. The summed E-state index contributed by atoms with van der Waals surface area (Å²) in [5, 5.41) is 0. The summed E-state index contributed by atoms with van der Waals surface area (Å²) in [5.74, 6) is -1.85. The lowest BCUT2D eigenvalue weighted by atomic mass is 10.2. The number of nitrogens with zero attached hydrogens (tertiary/aromatic N) is 1. The predicted molar refractivity (Wildman–Crippen MR) is 89.7 cm³/mol. The minimum Gasteiger partial charge on any atom is -0.493 e. The lowest BCUT2D eigenvalue weighted by Crippen LogP contribution is -2.40. The zero-order valence-corrected chi connectivity index (χ0v) is 15.5. The molecule has 150 valence electrons. The van der Waals surface area contributed by atoms with E-state index in [9.17, 15) is 26.8 Å². The van der Waals surface area contributed by atoms with Crippen LogP contribution in [0, 0.1) is 0 Å². The molecule has 0 saturated carbocycles. The van der Waals surface area contributed by atoms with Crippen molar-refractivity contribution in [3.05, 3.63) is 23.8 Å². The van der Waals surface area contributed by atoms with Crippen LogP contribution in [-0.4, -0.2) is 70.1 Å². The van der Waals surface area contributed by atoms with Gasteiger partial charge in [0.05, 0.1) is 24.2 Å². The number of hydrogen-bond donors (Lipinski definition) is 0. The number of amides is 1. The third kappa shape index (κ3) is 5.52. The SMILES string of the molecule is COc1cc(C(=O)OCC(=O)N(C)[C@H]2CCS(=O)(=O)C2)ccc1OC(F)F. The third-order valence-corrected chi connectivity index (χ3v) is 5.84.